The molecule has 578 valence electrons. The van der Waals surface area contributed by atoms with Crippen molar-refractivity contribution in [2.24, 2.45) is 17.8 Å². The van der Waals surface area contributed by atoms with E-state index in [1.54, 1.807) is 0 Å². The van der Waals surface area contributed by atoms with E-state index in [1.807, 2.05) is 0 Å². The molecule has 3 N–H and O–H groups in total. The first kappa shape index (κ1) is 95.5. The molecule has 2 unspecified atom stereocenters. The number of unbranched alkanes of at least 4 members (excludes halogenated alkanes) is 40. The van der Waals surface area contributed by atoms with Gasteiger partial charge in [0.15, 0.2) is 12.2 Å². The first-order valence-corrected chi connectivity index (χ1v) is 43.2. The summed E-state index contributed by atoms with van der Waals surface area (Å²) in [4.78, 5) is 72.9. The topological polar surface area (TPSA) is 237 Å². The second-order valence-electron chi connectivity index (χ2n) is 29.2. The number of carbonyl (C=O) groups excluding carboxylic acids is 4. The van der Waals surface area contributed by atoms with Gasteiger partial charge in [0.25, 0.3) is 0 Å². The molecule has 0 fully saturated rings. The standard InChI is InChI=1S/C79H150O17P2/c1-8-9-10-11-12-13-14-15-17-21-26-31-39-46-53-60-76(81)89-66-74(95-78(83)62-55-48-41-32-27-22-19-16-18-20-24-29-36-43-50-57-70(2)3)68-93-97(85,86)91-64-73(80)65-92-98(87,88)94-69-75(67-90-77(82)61-54-47-40-35-34-38-45-52-59-72(6)7)96-79(84)63-56-49-42-33-28-23-25-30-37-44-51-58-71(4)5/h13-15,17,70-75,80H,8-12,16,18-69H2,1-7H3,(H,85,86)(H,87,88)/b14-13-,17-15-/t73-,74-,75-/m1/s1. The summed E-state index contributed by atoms with van der Waals surface area (Å²) in [5.74, 6) is 0.145. The molecule has 0 spiro atoms. The molecule has 0 aromatic heterocycles. The highest BCUT2D eigenvalue weighted by Crippen LogP contribution is 2.45. The fourth-order valence-corrected chi connectivity index (χ4v) is 13.2. The Morgan fingerprint density at radius 1 is 0.316 bits per heavy atom. The van der Waals surface area contributed by atoms with Gasteiger partial charge < -0.3 is 33.8 Å². The van der Waals surface area contributed by atoms with E-state index in [4.69, 9.17) is 37.0 Å². The van der Waals surface area contributed by atoms with Crippen LogP contribution in [0.1, 0.15) is 382 Å². The van der Waals surface area contributed by atoms with Gasteiger partial charge in [-0.15, -0.1) is 0 Å². The van der Waals surface area contributed by atoms with E-state index in [0.717, 1.165) is 127 Å². The van der Waals surface area contributed by atoms with Crippen LogP contribution in [0.5, 0.6) is 0 Å². The number of esters is 4. The number of rotatable bonds is 75. The highest BCUT2D eigenvalue weighted by Gasteiger charge is 2.30. The van der Waals surface area contributed by atoms with Gasteiger partial charge in [-0.3, -0.25) is 37.3 Å². The van der Waals surface area contributed by atoms with E-state index < -0.39 is 97.5 Å². The molecule has 0 saturated carbocycles. The lowest BCUT2D eigenvalue weighted by molar-refractivity contribution is -0.161. The van der Waals surface area contributed by atoms with Gasteiger partial charge in [0.2, 0.25) is 0 Å². The summed E-state index contributed by atoms with van der Waals surface area (Å²) in [5.41, 5.74) is 0. The predicted molar refractivity (Wildman–Crippen MR) is 400 cm³/mol. The van der Waals surface area contributed by atoms with E-state index >= 15 is 0 Å². The normalized spacial score (nSPS) is 14.2. The minimum absolute atomic E-state index is 0.101. The van der Waals surface area contributed by atoms with Crippen LogP contribution in [-0.4, -0.2) is 96.7 Å². The smallest absolute Gasteiger partial charge is 0.462 e. The van der Waals surface area contributed by atoms with Gasteiger partial charge in [0.05, 0.1) is 26.4 Å². The van der Waals surface area contributed by atoms with Crippen LogP contribution in [0.4, 0.5) is 0 Å². The first-order chi connectivity index (χ1) is 47.2. The lowest BCUT2D eigenvalue weighted by Crippen LogP contribution is -2.30. The molecule has 98 heavy (non-hydrogen) atoms. The van der Waals surface area contributed by atoms with Crippen LogP contribution in [-0.2, 0) is 65.4 Å². The summed E-state index contributed by atoms with van der Waals surface area (Å²) >= 11 is 0. The summed E-state index contributed by atoms with van der Waals surface area (Å²) in [6.45, 7) is 11.8. The monoisotopic (exact) mass is 1430 g/mol. The highest BCUT2D eigenvalue weighted by atomic mass is 31.2. The van der Waals surface area contributed by atoms with E-state index in [0.29, 0.717) is 25.7 Å². The van der Waals surface area contributed by atoms with Gasteiger partial charge in [-0.2, -0.15) is 0 Å². The van der Waals surface area contributed by atoms with Crippen LogP contribution in [0, 0.1) is 17.8 Å². The Hall–Kier alpha value is -2.46. The highest BCUT2D eigenvalue weighted by molar-refractivity contribution is 7.47. The summed E-state index contributed by atoms with van der Waals surface area (Å²) in [6.07, 6.45) is 59.1. The van der Waals surface area contributed by atoms with Crippen molar-refractivity contribution in [1.29, 1.82) is 0 Å². The number of aliphatic hydroxyl groups excluding tert-OH is 1. The first-order valence-electron chi connectivity index (χ1n) is 40.2. The van der Waals surface area contributed by atoms with Crippen molar-refractivity contribution in [3.63, 3.8) is 0 Å². The van der Waals surface area contributed by atoms with Crippen molar-refractivity contribution in [2.75, 3.05) is 39.6 Å². The Morgan fingerprint density at radius 3 is 0.827 bits per heavy atom. The number of ether oxygens (including phenoxy) is 4. The summed E-state index contributed by atoms with van der Waals surface area (Å²) in [7, 11) is -9.93. The number of phosphoric ester groups is 2. The Morgan fingerprint density at radius 2 is 0.551 bits per heavy atom. The molecular weight excluding hydrogens is 1280 g/mol. The molecule has 0 heterocycles. The van der Waals surface area contributed by atoms with Gasteiger partial charge in [0.1, 0.15) is 19.3 Å². The fraction of sp³-hybridized carbons (Fsp3) is 0.899. The average molecular weight is 1430 g/mol. The Kier molecular flexibility index (Phi) is 67.2. The molecule has 0 aliphatic heterocycles. The molecule has 0 aliphatic rings. The predicted octanol–water partition coefficient (Wildman–Crippen LogP) is 22.9. The van der Waals surface area contributed by atoms with Crippen molar-refractivity contribution >= 4 is 39.5 Å². The zero-order chi connectivity index (χ0) is 72.3. The number of hydrogen-bond donors (Lipinski definition) is 3. The van der Waals surface area contributed by atoms with Crippen LogP contribution >= 0.6 is 15.6 Å². The zero-order valence-electron chi connectivity index (χ0n) is 63.7. The zero-order valence-corrected chi connectivity index (χ0v) is 65.5. The van der Waals surface area contributed by atoms with Crippen LogP contribution in [0.3, 0.4) is 0 Å². The van der Waals surface area contributed by atoms with Crippen LogP contribution in [0.15, 0.2) is 24.3 Å². The third-order valence-corrected chi connectivity index (χ3v) is 19.7. The molecule has 0 bridgehead atoms. The number of allylic oxidation sites excluding steroid dienone is 4. The minimum atomic E-state index is -4.97. The van der Waals surface area contributed by atoms with Crippen molar-refractivity contribution in [1.82, 2.24) is 0 Å². The minimum Gasteiger partial charge on any atom is -0.462 e. The second kappa shape index (κ2) is 68.9. The molecule has 0 aromatic carbocycles. The van der Waals surface area contributed by atoms with Gasteiger partial charge in [-0.25, -0.2) is 9.13 Å². The quantitative estimate of drug-likeness (QED) is 0.0169. The van der Waals surface area contributed by atoms with Gasteiger partial charge in [-0.05, 0) is 69.1 Å². The van der Waals surface area contributed by atoms with Crippen molar-refractivity contribution in [3.05, 3.63) is 24.3 Å². The molecule has 0 aliphatic carbocycles. The number of hydrogen-bond acceptors (Lipinski definition) is 15. The molecule has 0 saturated heterocycles. The van der Waals surface area contributed by atoms with E-state index in [-0.39, 0.29) is 25.7 Å². The lowest BCUT2D eigenvalue weighted by atomic mass is 10.0. The average Bonchev–Trinajstić information content (AvgIpc) is 0.996. The van der Waals surface area contributed by atoms with Gasteiger partial charge in [-0.1, -0.05) is 330 Å². The maximum Gasteiger partial charge on any atom is 0.472 e. The molecule has 0 amide bonds. The van der Waals surface area contributed by atoms with Crippen molar-refractivity contribution in [2.45, 2.75) is 401 Å². The molecule has 0 rings (SSSR count). The SMILES string of the molecule is CCCCCC/C=C\C=C/CCCCCCCC(=O)OC[C@H](COP(=O)(O)OC[C@@H](O)COP(=O)(O)OC[C@@H](COC(=O)CCCCCCCCCCC(C)C)OC(=O)CCCCCCCCCCCCCC(C)C)OC(=O)CCCCCCCCCCCCCCCCCC(C)C. The summed E-state index contributed by atoms with van der Waals surface area (Å²) < 4.78 is 68.6. The van der Waals surface area contributed by atoms with Crippen LogP contribution in [0.25, 0.3) is 0 Å². The maximum absolute atomic E-state index is 13.1. The van der Waals surface area contributed by atoms with Crippen LogP contribution < -0.4 is 0 Å². The van der Waals surface area contributed by atoms with E-state index in [2.05, 4.69) is 72.8 Å². The Balaban J connectivity index is 5.29. The van der Waals surface area contributed by atoms with E-state index in [9.17, 15) is 43.2 Å². The molecule has 19 heteroatoms. The lowest BCUT2D eigenvalue weighted by Gasteiger charge is -2.21. The number of aliphatic hydroxyl groups is 1. The third-order valence-electron chi connectivity index (χ3n) is 17.8. The number of phosphoric acid groups is 2. The molecule has 0 aromatic rings. The van der Waals surface area contributed by atoms with Crippen LogP contribution in [0.2, 0.25) is 0 Å². The van der Waals surface area contributed by atoms with E-state index in [1.165, 1.54) is 173 Å². The molecule has 0 radical (unpaired) electrons. The fourth-order valence-electron chi connectivity index (χ4n) is 11.6. The Bertz CT molecular complexity index is 2000. The van der Waals surface area contributed by atoms with Crippen molar-refractivity contribution < 1.29 is 80.2 Å². The Labute approximate surface area is 599 Å². The van der Waals surface area contributed by atoms with Gasteiger partial charge >= 0.3 is 39.5 Å². The molecule has 17 nitrogen and oxygen atoms in total. The van der Waals surface area contributed by atoms with Gasteiger partial charge in [0, 0.05) is 25.7 Å². The number of carbonyl (C=O) groups is 4. The molecule has 5 atom stereocenters. The molecular formula is C79H150O17P2. The third kappa shape index (κ3) is 71.9. The maximum atomic E-state index is 13.1. The largest absolute Gasteiger partial charge is 0.472 e. The van der Waals surface area contributed by atoms with Crippen molar-refractivity contribution in [3.8, 4) is 0 Å². The second-order valence-corrected chi connectivity index (χ2v) is 32.1. The summed E-state index contributed by atoms with van der Waals surface area (Å²) in [6, 6.07) is 0. The summed E-state index contributed by atoms with van der Waals surface area (Å²) in [5, 5.41) is 10.6.